The van der Waals surface area contributed by atoms with Crippen LogP contribution >= 0.6 is 11.8 Å². The number of para-hydroxylation sites is 2. The average Bonchev–Trinajstić information content (AvgIpc) is 3.24. The number of carbonyl (C=O) groups is 2. The molecular weight excluding hydrogens is 446 g/mol. The first-order valence-electron chi connectivity index (χ1n) is 11.1. The maximum absolute atomic E-state index is 12.6. The molecule has 6 nitrogen and oxygen atoms in total. The largest absolute Gasteiger partial charge is 0.496 e. The van der Waals surface area contributed by atoms with Crippen molar-refractivity contribution >= 4 is 34.5 Å². The molecule has 0 atom stereocenters. The number of methoxy groups -OCH3 is 1. The molecule has 4 aromatic rings. The van der Waals surface area contributed by atoms with Crippen molar-refractivity contribution in [1.29, 1.82) is 0 Å². The van der Waals surface area contributed by atoms with Crippen molar-refractivity contribution in [3.8, 4) is 5.75 Å². The molecular formula is C27H27N3O3S. The minimum absolute atomic E-state index is 0.00486. The highest BCUT2D eigenvalue weighted by Crippen LogP contribution is 2.30. The Kier molecular flexibility index (Phi) is 7.88. The Labute approximate surface area is 203 Å². The number of amides is 2. The summed E-state index contributed by atoms with van der Waals surface area (Å²) in [6.45, 7) is 1.60. The SMILES string of the molecule is COc1ccccc1C(=O)NCCn1cc(SCC(=O)NCc2ccccc2)c2ccccc21. The minimum atomic E-state index is -0.168. The van der Waals surface area contributed by atoms with Crippen LogP contribution in [0.1, 0.15) is 15.9 Å². The topological polar surface area (TPSA) is 72.4 Å². The van der Waals surface area contributed by atoms with Crippen molar-refractivity contribution in [3.63, 3.8) is 0 Å². The molecule has 0 spiro atoms. The van der Waals surface area contributed by atoms with E-state index >= 15 is 0 Å². The summed E-state index contributed by atoms with van der Waals surface area (Å²) < 4.78 is 7.39. The Bertz CT molecular complexity index is 1270. The fraction of sp³-hybridized carbons (Fsp3) is 0.185. The third kappa shape index (κ3) is 5.80. The van der Waals surface area contributed by atoms with Gasteiger partial charge in [-0.1, -0.05) is 60.7 Å². The van der Waals surface area contributed by atoms with E-state index in [4.69, 9.17) is 4.74 Å². The van der Waals surface area contributed by atoms with E-state index in [1.54, 1.807) is 19.2 Å². The van der Waals surface area contributed by atoms with Gasteiger partial charge < -0.3 is 19.9 Å². The fourth-order valence-corrected chi connectivity index (χ4v) is 4.64. The summed E-state index contributed by atoms with van der Waals surface area (Å²) in [6.07, 6.45) is 2.05. The number of benzene rings is 3. The van der Waals surface area contributed by atoms with Gasteiger partial charge in [0.1, 0.15) is 5.75 Å². The molecule has 0 fully saturated rings. The van der Waals surface area contributed by atoms with Gasteiger partial charge in [-0.15, -0.1) is 11.8 Å². The van der Waals surface area contributed by atoms with E-state index in [1.165, 1.54) is 11.8 Å². The second-order valence-corrected chi connectivity index (χ2v) is 8.73. The van der Waals surface area contributed by atoms with Crippen LogP contribution in [0.25, 0.3) is 10.9 Å². The van der Waals surface area contributed by atoms with E-state index in [9.17, 15) is 9.59 Å². The number of hydrogen-bond donors (Lipinski definition) is 2. The van der Waals surface area contributed by atoms with Gasteiger partial charge in [-0.2, -0.15) is 0 Å². The van der Waals surface area contributed by atoms with Gasteiger partial charge in [0.25, 0.3) is 5.91 Å². The molecule has 3 aromatic carbocycles. The zero-order chi connectivity index (χ0) is 23.8. The second kappa shape index (κ2) is 11.4. The van der Waals surface area contributed by atoms with Gasteiger partial charge in [-0.25, -0.2) is 0 Å². The van der Waals surface area contributed by atoms with Crippen molar-refractivity contribution in [2.75, 3.05) is 19.4 Å². The lowest BCUT2D eigenvalue weighted by molar-refractivity contribution is -0.118. The first kappa shape index (κ1) is 23.4. The molecule has 0 aliphatic carbocycles. The molecule has 4 rings (SSSR count). The Morgan fingerprint density at radius 3 is 2.47 bits per heavy atom. The van der Waals surface area contributed by atoms with Crippen molar-refractivity contribution in [2.45, 2.75) is 18.0 Å². The van der Waals surface area contributed by atoms with Gasteiger partial charge >= 0.3 is 0 Å². The molecule has 0 aliphatic heterocycles. The Morgan fingerprint density at radius 1 is 0.912 bits per heavy atom. The summed E-state index contributed by atoms with van der Waals surface area (Å²) in [4.78, 5) is 26.0. The molecule has 0 radical (unpaired) electrons. The van der Waals surface area contributed by atoms with E-state index in [0.717, 1.165) is 21.4 Å². The van der Waals surface area contributed by atoms with Gasteiger partial charge in [0, 0.05) is 41.6 Å². The number of nitrogens with zero attached hydrogens (tertiary/aromatic N) is 1. The van der Waals surface area contributed by atoms with Gasteiger partial charge in [-0.3, -0.25) is 9.59 Å². The molecule has 0 saturated carbocycles. The van der Waals surface area contributed by atoms with Crippen LogP contribution in [0.3, 0.4) is 0 Å². The van der Waals surface area contributed by atoms with Gasteiger partial charge in [-0.05, 0) is 23.8 Å². The van der Waals surface area contributed by atoms with E-state index < -0.39 is 0 Å². The zero-order valence-electron chi connectivity index (χ0n) is 19.0. The van der Waals surface area contributed by atoms with Crippen molar-refractivity contribution < 1.29 is 14.3 Å². The highest BCUT2D eigenvalue weighted by molar-refractivity contribution is 8.00. The maximum atomic E-state index is 12.6. The van der Waals surface area contributed by atoms with Gasteiger partial charge in [0.15, 0.2) is 0 Å². The number of aromatic nitrogens is 1. The summed E-state index contributed by atoms with van der Waals surface area (Å²) in [5.74, 6) is 0.717. The number of hydrogen-bond acceptors (Lipinski definition) is 4. The van der Waals surface area contributed by atoms with Crippen LogP contribution < -0.4 is 15.4 Å². The van der Waals surface area contributed by atoms with Crippen molar-refractivity contribution in [2.24, 2.45) is 0 Å². The van der Waals surface area contributed by atoms with E-state index in [0.29, 0.717) is 36.7 Å². The van der Waals surface area contributed by atoms with Crippen LogP contribution in [-0.2, 0) is 17.9 Å². The molecule has 174 valence electrons. The van der Waals surface area contributed by atoms with Crippen LogP contribution in [0.4, 0.5) is 0 Å². The molecule has 1 aromatic heterocycles. The van der Waals surface area contributed by atoms with Crippen molar-refractivity contribution in [1.82, 2.24) is 15.2 Å². The normalized spacial score (nSPS) is 10.7. The number of nitrogens with one attached hydrogen (secondary N) is 2. The lowest BCUT2D eigenvalue weighted by Crippen LogP contribution is -2.27. The van der Waals surface area contributed by atoms with Crippen LogP contribution in [-0.4, -0.2) is 35.8 Å². The third-order valence-corrected chi connectivity index (χ3v) is 6.48. The molecule has 7 heteroatoms. The third-order valence-electron chi connectivity index (χ3n) is 5.43. The predicted molar refractivity (Wildman–Crippen MR) is 136 cm³/mol. The molecule has 0 bridgehead atoms. The predicted octanol–water partition coefficient (Wildman–Crippen LogP) is 4.49. The number of ether oxygens (including phenoxy) is 1. The summed E-state index contributed by atoms with van der Waals surface area (Å²) >= 11 is 1.52. The number of thioether (sulfide) groups is 1. The number of carbonyl (C=O) groups excluding carboxylic acids is 2. The lowest BCUT2D eigenvalue weighted by atomic mass is 10.2. The van der Waals surface area contributed by atoms with Crippen LogP contribution in [0, 0.1) is 0 Å². The van der Waals surface area contributed by atoms with E-state index in [2.05, 4.69) is 33.5 Å². The molecule has 1 heterocycles. The quantitative estimate of drug-likeness (QED) is 0.333. The Hall–Kier alpha value is -3.71. The zero-order valence-corrected chi connectivity index (χ0v) is 19.8. The fourth-order valence-electron chi connectivity index (χ4n) is 3.72. The average molecular weight is 474 g/mol. The number of rotatable bonds is 10. The van der Waals surface area contributed by atoms with Crippen molar-refractivity contribution in [3.05, 3.63) is 96.2 Å². The lowest BCUT2D eigenvalue weighted by Gasteiger charge is -2.10. The summed E-state index contributed by atoms with van der Waals surface area (Å²) in [5, 5.41) is 7.04. The van der Waals surface area contributed by atoms with Gasteiger partial charge in [0.2, 0.25) is 5.91 Å². The molecule has 0 unspecified atom stereocenters. The smallest absolute Gasteiger partial charge is 0.255 e. The summed E-state index contributed by atoms with van der Waals surface area (Å²) in [6, 6.07) is 25.1. The Balaban J connectivity index is 1.36. The number of fused-ring (bicyclic) bond motifs is 1. The maximum Gasteiger partial charge on any atom is 0.255 e. The van der Waals surface area contributed by atoms with E-state index in [1.807, 2.05) is 54.6 Å². The summed E-state index contributed by atoms with van der Waals surface area (Å²) in [5.41, 5.74) is 2.66. The molecule has 2 N–H and O–H groups in total. The molecule has 34 heavy (non-hydrogen) atoms. The Morgan fingerprint density at radius 2 is 1.65 bits per heavy atom. The molecule has 2 amide bonds. The first-order chi connectivity index (χ1) is 16.7. The molecule has 0 saturated heterocycles. The van der Waals surface area contributed by atoms with Crippen LogP contribution in [0.15, 0.2) is 90.0 Å². The highest BCUT2D eigenvalue weighted by atomic mass is 32.2. The molecule has 0 aliphatic rings. The summed E-state index contributed by atoms with van der Waals surface area (Å²) in [7, 11) is 1.55. The minimum Gasteiger partial charge on any atom is -0.496 e. The van der Waals surface area contributed by atoms with Crippen LogP contribution in [0.5, 0.6) is 5.75 Å². The monoisotopic (exact) mass is 473 g/mol. The first-order valence-corrected chi connectivity index (χ1v) is 12.1. The highest BCUT2D eigenvalue weighted by Gasteiger charge is 2.13. The standard InChI is InChI=1S/C27H27N3O3S/c1-33-24-14-8-6-12-22(24)27(32)28-15-16-30-18-25(21-11-5-7-13-23(21)30)34-19-26(31)29-17-20-9-3-2-4-10-20/h2-14,18H,15-17,19H2,1H3,(H,28,32)(H,29,31). The van der Waals surface area contributed by atoms with Gasteiger partial charge in [0.05, 0.1) is 18.4 Å². The van der Waals surface area contributed by atoms with Crippen LogP contribution in [0.2, 0.25) is 0 Å². The van der Waals surface area contributed by atoms with E-state index in [-0.39, 0.29) is 11.8 Å². The second-order valence-electron chi connectivity index (χ2n) is 7.71.